The van der Waals surface area contributed by atoms with E-state index in [-0.39, 0.29) is 11.4 Å². The minimum absolute atomic E-state index is 0.114. The predicted molar refractivity (Wildman–Crippen MR) is 99.6 cm³/mol. The molecule has 0 spiro atoms. The topological polar surface area (TPSA) is 66.9 Å². The zero-order chi connectivity index (χ0) is 18.5. The summed E-state index contributed by atoms with van der Waals surface area (Å²) in [5.74, 6) is 0.0117. The summed E-state index contributed by atoms with van der Waals surface area (Å²) in [5, 5.41) is 5.72. The van der Waals surface area contributed by atoms with Gasteiger partial charge in [-0.3, -0.25) is 4.79 Å². The van der Waals surface area contributed by atoms with Crippen LogP contribution in [0.15, 0.2) is 54.6 Å². The first-order valence-electron chi connectivity index (χ1n) is 8.22. The summed E-state index contributed by atoms with van der Waals surface area (Å²) in [6, 6.07) is 15.7. The smallest absolute Gasteiger partial charge is 0.274 e. The van der Waals surface area contributed by atoms with Crippen molar-refractivity contribution in [1.82, 2.24) is 9.97 Å². The van der Waals surface area contributed by atoms with Gasteiger partial charge in [-0.05, 0) is 31.5 Å². The van der Waals surface area contributed by atoms with Crippen molar-refractivity contribution in [3.05, 3.63) is 83.1 Å². The fourth-order valence-electron chi connectivity index (χ4n) is 2.42. The van der Waals surface area contributed by atoms with Crippen molar-refractivity contribution in [2.24, 2.45) is 0 Å². The van der Waals surface area contributed by atoms with E-state index < -0.39 is 11.7 Å². The molecule has 0 fully saturated rings. The highest BCUT2D eigenvalue weighted by Crippen LogP contribution is 2.15. The number of aryl methyl sites for hydroxylation is 2. The molecule has 5 nitrogen and oxygen atoms in total. The molecule has 132 valence electrons. The summed E-state index contributed by atoms with van der Waals surface area (Å²) in [5.41, 5.74) is 2.58. The minimum Gasteiger partial charge on any atom is -0.366 e. The summed E-state index contributed by atoms with van der Waals surface area (Å²) in [4.78, 5) is 20.8. The first kappa shape index (κ1) is 17.5. The van der Waals surface area contributed by atoms with E-state index in [1.165, 1.54) is 17.7 Å². The summed E-state index contributed by atoms with van der Waals surface area (Å²) in [6.45, 7) is 4.31. The van der Waals surface area contributed by atoms with Gasteiger partial charge >= 0.3 is 0 Å². The average Bonchev–Trinajstić information content (AvgIpc) is 2.63. The maximum Gasteiger partial charge on any atom is 0.274 e. The fraction of sp³-hybridized carbons (Fsp3) is 0.150. The van der Waals surface area contributed by atoms with Gasteiger partial charge in [0, 0.05) is 12.6 Å². The van der Waals surface area contributed by atoms with Crippen LogP contribution in [0.4, 0.5) is 15.9 Å². The van der Waals surface area contributed by atoms with Crippen molar-refractivity contribution in [2.75, 3.05) is 10.6 Å². The number of aromatic nitrogens is 2. The monoisotopic (exact) mass is 350 g/mol. The first-order chi connectivity index (χ1) is 12.5. The number of halogens is 1. The van der Waals surface area contributed by atoms with Crippen molar-refractivity contribution in [3.8, 4) is 0 Å². The van der Waals surface area contributed by atoms with Crippen LogP contribution in [0.2, 0.25) is 0 Å². The van der Waals surface area contributed by atoms with Gasteiger partial charge in [0.15, 0.2) is 0 Å². The number of nitrogens with one attached hydrogen (secondary N) is 2. The molecule has 0 saturated carbocycles. The number of benzene rings is 2. The van der Waals surface area contributed by atoms with Crippen LogP contribution < -0.4 is 10.6 Å². The van der Waals surface area contributed by atoms with Crippen LogP contribution >= 0.6 is 0 Å². The Balaban J connectivity index is 1.73. The number of amides is 1. The summed E-state index contributed by atoms with van der Waals surface area (Å²) in [6.07, 6.45) is 0. The Bertz CT molecular complexity index is 925. The van der Waals surface area contributed by atoms with Gasteiger partial charge < -0.3 is 10.6 Å². The van der Waals surface area contributed by atoms with Crippen LogP contribution in [0.25, 0.3) is 0 Å². The number of carbonyl (C=O) groups excluding carboxylic acids is 1. The summed E-state index contributed by atoms with van der Waals surface area (Å²) >= 11 is 0. The molecule has 1 heterocycles. The Labute approximate surface area is 151 Å². The van der Waals surface area contributed by atoms with E-state index in [1.54, 1.807) is 25.1 Å². The highest BCUT2D eigenvalue weighted by atomic mass is 19.1. The highest BCUT2D eigenvalue weighted by Gasteiger charge is 2.12. The number of para-hydroxylation sites is 1. The first-order valence-corrected chi connectivity index (χ1v) is 8.22. The van der Waals surface area contributed by atoms with E-state index in [1.807, 2.05) is 31.2 Å². The fourth-order valence-corrected chi connectivity index (χ4v) is 2.42. The number of hydrogen-bond acceptors (Lipinski definition) is 4. The van der Waals surface area contributed by atoms with Gasteiger partial charge in [-0.2, -0.15) is 0 Å². The largest absolute Gasteiger partial charge is 0.366 e. The van der Waals surface area contributed by atoms with E-state index in [0.29, 0.717) is 18.2 Å². The molecule has 0 unspecified atom stereocenters. The van der Waals surface area contributed by atoms with Gasteiger partial charge in [0.1, 0.15) is 23.2 Å². The molecule has 0 aliphatic rings. The Morgan fingerprint density at radius 3 is 2.50 bits per heavy atom. The molecule has 26 heavy (non-hydrogen) atoms. The van der Waals surface area contributed by atoms with Crippen molar-refractivity contribution < 1.29 is 9.18 Å². The third-order valence-electron chi connectivity index (χ3n) is 3.79. The van der Waals surface area contributed by atoms with Gasteiger partial charge in [-0.15, -0.1) is 0 Å². The number of rotatable bonds is 5. The second-order valence-electron chi connectivity index (χ2n) is 5.96. The molecular weight excluding hydrogens is 331 g/mol. The molecule has 0 atom stereocenters. The summed E-state index contributed by atoms with van der Waals surface area (Å²) < 4.78 is 13.7. The lowest BCUT2D eigenvalue weighted by Gasteiger charge is -2.10. The molecule has 3 aromatic rings. The van der Waals surface area contributed by atoms with E-state index in [0.717, 1.165) is 5.56 Å². The predicted octanol–water partition coefficient (Wildman–Crippen LogP) is 4.10. The second-order valence-corrected chi connectivity index (χ2v) is 5.96. The van der Waals surface area contributed by atoms with Gasteiger partial charge in [-0.1, -0.05) is 42.0 Å². The second kappa shape index (κ2) is 7.74. The standard InChI is InChI=1S/C20H19FN4O/c1-13-7-9-15(10-8-13)12-22-19-11-18(23-14(2)24-19)20(26)25-17-6-4-3-5-16(17)21/h3-11H,12H2,1-2H3,(H,25,26)(H,22,23,24). The van der Waals surface area contributed by atoms with Gasteiger partial charge in [0.25, 0.3) is 5.91 Å². The van der Waals surface area contributed by atoms with Crippen molar-refractivity contribution in [1.29, 1.82) is 0 Å². The Hall–Kier alpha value is -3.28. The number of carbonyl (C=O) groups is 1. The van der Waals surface area contributed by atoms with Crippen molar-refractivity contribution in [2.45, 2.75) is 20.4 Å². The molecule has 1 aromatic heterocycles. The molecule has 2 aromatic carbocycles. The number of anilines is 2. The van der Waals surface area contributed by atoms with Crippen LogP contribution in [-0.4, -0.2) is 15.9 Å². The molecule has 0 saturated heterocycles. The minimum atomic E-state index is -0.496. The van der Waals surface area contributed by atoms with E-state index in [2.05, 4.69) is 20.6 Å². The lowest BCUT2D eigenvalue weighted by atomic mass is 10.1. The molecule has 6 heteroatoms. The molecule has 2 N–H and O–H groups in total. The maximum atomic E-state index is 13.7. The normalized spacial score (nSPS) is 10.4. The highest BCUT2D eigenvalue weighted by molar-refractivity contribution is 6.03. The Morgan fingerprint density at radius 1 is 1.04 bits per heavy atom. The van der Waals surface area contributed by atoms with Crippen LogP contribution in [0, 0.1) is 19.7 Å². The van der Waals surface area contributed by atoms with Gasteiger partial charge in [-0.25, -0.2) is 14.4 Å². The van der Waals surface area contributed by atoms with Gasteiger partial charge in [0.2, 0.25) is 0 Å². The van der Waals surface area contributed by atoms with Crippen LogP contribution in [-0.2, 0) is 6.54 Å². The maximum absolute atomic E-state index is 13.7. The summed E-state index contributed by atoms with van der Waals surface area (Å²) in [7, 11) is 0. The van der Waals surface area contributed by atoms with Gasteiger partial charge in [0.05, 0.1) is 5.69 Å². The zero-order valence-electron chi connectivity index (χ0n) is 14.6. The molecule has 0 aliphatic carbocycles. The van der Waals surface area contributed by atoms with Crippen molar-refractivity contribution >= 4 is 17.4 Å². The third kappa shape index (κ3) is 4.42. The molecule has 0 bridgehead atoms. The van der Waals surface area contributed by atoms with E-state index in [4.69, 9.17) is 0 Å². The molecule has 1 amide bonds. The lowest BCUT2D eigenvalue weighted by molar-refractivity contribution is 0.102. The molecule has 3 rings (SSSR count). The number of nitrogens with zero attached hydrogens (tertiary/aromatic N) is 2. The number of hydrogen-bond donors (Lipinski definition) is 2. The van der Waals surface area contributed by atoms with Crippen LogP contribution in [0.3, 0.4) is 0 Å². The van der Waals surface area contributed by atoms with E-state index >= 15 is 0 Å². The Kier molecular flexibility index (Phi) is 5.22. The molecule has 0 radical (unpaired) electrons. The van der Waals surface area contributed by atoms with Crippen LogP contribution in [0.5, 0.6) is 0 Å². The Morgan fingerprint density at radius 2 is 1.77 bits per heavy atom. The average molecular weight is 350 g/mol. The van der Waals surface area contributed by atoms with Crippen molar-refractivity contribution in [3.63, 3.8) is 0 Å². The molecular formula is C20H19FN4O. The quantitative estimate of drug-likeness (QED) is 0.727. The third-order valence-corrected chi connectivity index (χ3v) is 3.79. The van der Waals surface area contributed by atoms with Crippen LogP contribution in [0.1, 0.15) is 27.4 Å². The lowest BCUT2D eigenvalue weighted by Crippen LogP contribution is -2.16. The molecule has 0 aliphatic heterocycles. The zero-order valence-corrected chi connectivity index (χ0v) is 14.6. The SMILES string of the molecule is Cc1ccc(CNc2cc(C(=O)Nc3ccccc3F)nc(C)n2)cc1. The van der Waals surface area contributed by atoms with E-state index in [9.17, 15) is 9.18 Å².